The van der Waals surface area contributed by atoms with Gasteiger partial charge in [-0.15, -0.1) is 0 Å². The van der Waals surface area contributed by atoms with Crippen molar-refractivity contribution >= 4 is 5.78 Å². The summed E-state index contributed by atoms with van der Waals surface area (Å²) >= 11 is 0. The van der Waals surface area contributed by atoms with Gasteiger partial charge in [0, 0.05) is 5.56 Å². The van der Waals surface area contributed by atoms with E-state index in [-0.39, 0.29) is 5.78 Å². The van der Waals surface area contributed by atoms with Crippen LogP contribution < -0.4 is 0 Å². The van der Waals surface area contributed by atoms with Gasteiger partial charge in [-0.25, -0.2) is 9.78 Å². The largest absolute Gasteiger partial charge is 0.382 e. The Balaban J connectivity index is 2.11. The number of carbonyl (C=O) groups is 1. The molecule has 0 aliphatic heterocycles. The first-order valence-corrected chi connectivity index (χ1v) is 9.28. The number of ketones is 1. The number of carbonyl (C=O) groups excluding carboxylic acids is 1. The molecule has 0 saturated heterocycles. The molecule has 0 unspecified atom stereocenters. The minimum atomic E-state index is -1.21. The van der Waals surface area contributed by atoms with Crippen LogP contribution in [-0.4, -0.2) is 22.1 Å². The molecule has 1 aromatic rings. The fourth-order valence-corrected chi connectivity index (χ4v) is 3.11. The van der Waals surface area contributed by atoms with E-state index in [1.807, 2.05) is 46.8 Å². The van der Waals surface area contributed by atoms with E-state index in [9.17, 15) is 9.90 Å². The van der Waals surface area contributed by atoms with Gasteiger partial charge in [-0.05, 0) is 53.0 Å². The zero-order chi connectivity index (χ0) is 18.7. The zero-order valence-electron chi connectivity index (χ0n) is 16.2. The SMILES string of the molecule is CC(C)(C)OOC(C)(C)c1ccc(C(=O)C2(O)CCCCCC2)cc1. The van der Waals surface area contributed by atoms with Crippen molar-refractivity contribution in [1.82, 2.24) is 0 Å². The van der Waals surface area contributed by atoms with Gasteiger partial charge in [0.1, 0.15) is 11.2 Å². The minimum Gasteiger partial charge on any atom is -0.382 e. The molecule has 0 spiro atoms. The molecule has 4 nitrogen and oxygen atoms in total. The van der Waals surface area contributed by atoms with E-state index in [0.717, 1.165) is 31.2 Å². The molecular formula is C21H32O4. The summed E-state index contributed by atoms with van der Waals surface area (Å²) < 4.78 is 0. The molecule has 0 aromatic heterocycles. The summed E-state index contributed by atoms with van der Waals surface area (Å²) in [7, 11) is 0. The van der Waals surface area contributed by atoms with Crippen molar-refractivity contribution in [2.45, 2.75) is 89.9 Å². The molecule has 0 radical (unpaired) electrons. The average Bonchev–Trinajstić information content (AvgIpc) is 2.77. The lowest BCUT2D eigenvalue weighted by Crippen LogP contribution is -2.38. The molecule has 0 atom stereocenters. The Kier molecular flexibility index (Phi) is 6.08. The van der Waals surface area contributed by atoms with Crippen LogP contribution >= 0.6 is 0 Å². The lowest BCUT2D eigenvalue weighted by atomic mass is 9.85. The van der Waals surface area contributed by atoms with Gasteiger partial charge in [0.25, 0.3) is 0 Å². The molecule has 1 fully saturated rings. The predicted octanol–water partition coefficient (Wildman–Crippen LogP) is 4.94. The Hall–Kier alpha value is -1.23. The Bertz CT molecular complexity index is 573. The molecule has 2 rings (SSSR count). The molecule has 140 valence electrons. The Morgan fingerprint density at radius 2 is 1.44 bits per heavy atom. The molecule has 25 heavy (non-hydrogen) atoms. The van der Waals surface area contributed by atoms with Crippen molar-refractivity contribution in [1.29, 1.82) is 0 Å². The molecule has 1 aliphatic carbocycles. The minimum absolute atomic E-state index is 0.161. The van der Waals surface area contributed by atoms with E-state index >= 15 is 0 Å². The molecule has 1 N–H and O–H groups in total. The van der Waals surface area contributed by atoms with Gasteiger partial charge >= 0.3 is 0 Å². The van der Waals surface area contributed by atoms with Crippen LogP contribution in [0, 0.1) is 0 Å². The van der Waals surface area contributed by atoms with Crippen LogP contribution in [0.5, 0.6) is 0 Å². The average molecular weight is 348 g/mol. The van der Waals surface area contributed by atoms with E-state index in [1.54, 1.807) is 12.1 Å². The van der Waals surface area contributed by atoms with Gasteiger partial charge in [0.2, 0.25) is 0 Å². The van der Waals surface area contributed by atoms with Crippen LogP contribution in [0.25, 0.3) is 0 Å². The summed E-state index contributed by atoms with van der Waals surface area (Å²) in [6, 6.07) is 7.31. The van der Waals surface area contributed by atoms with Gasteiger partial charge in [0.15, 0.2) is 5.78 Å². The van der Waals surface area contributed by atoms with Gasteiger partial charge in [-0.2, -0.15) is 0 Å². The number of benzene rings is 1. The molecule has 0 bridgehead atoms. The number of hydrogen-bond acceptors (Lipinski definition) is 4. The Labute approximate surface area is 151 Å². The fraction of sp³-hybridized carbons (Fsp3) is 0.667. The second-order valence-electron chi connectivity index (χ2n) is 8.64. The third-order valence-corrected chi connectivity index (χ3v) is 4.70. The highest BCUT2D eigenvalue weighted by Gasteiger charge is 2.36. The molecule has 0 amide bonds. The van der Waals surface area contributed by atoms with Crippen molar-refractivity contribution < 1.29 is 19.7 Å². The van der Waals surface area contributed by atoms with Crippen molar-refractivity contribution in [2.75, 3.05) is 0 Å². The smallest absolute Gasteiger partial charge is 0.194 e. The summed E-state index contributed by atoms with van der Waals surface area (Å²) in [4.78, 5) is 23.8. The van der Waals surface area contributed by atoms with Crippen LogP contribution in [0.3, 0.4) is 0 Å². The van der Waals surface area contributed by atoms with E-state index in [2.05, 4.69) is 0 Å². The number of rotatable bonds is 5. The number of aliphatic hydroxyl groups is 1. The van der Waals surface area contributed by atoms with Gasteiger partial charge < -0.3 is 5.11 Å². The van der Waals surface area contributed by atoms with E-state index in [0.29, 0.717) is 18.4 Å². The maximum Gasteiger partial charge on any atom is 0.194 e. The summed E-state index contributed by atoms with van der Waals surface area (Å²) in [6.07, 6.45) is 5.11. The van der Waals surface area contributed by atoms with Crippen molar-refractivity contribution in [2.24, 2.45) is 0 Å². The molecule has 1 aromatic carbocycles. The van der Waals surface area contributed by atoms with Crippen LogP contribution in [0.4, 0.5) is 0 Å². The molecule has 4 heteroatoms. The Morgan fingerprint density at radius 3 is 1.92 bits per heavy atom. The van der Waals surface area contributed by atoms with Gasteiger partial charge in [0.05, 0.1) is 5.60 Å². The van der Waals surface area contributed by atoms with Crippen molar-refractivity contribution in [3.05, 3.63) is 35.4 Å². The lowest BCUT2D eigenvalue weighted by Gasteiger charge is -2.29. The van der Waals surface area contributed by atoms with Crippen LogP contribution in [0.1, 0.15) is 89.1 Å². The molecule has 1 aliphatic rings. The summed E-state index contributed by atoms with van der Waals surface area (Å²) in [5.74, 6) is -0.161. The highest BCUT2D eigenvalue weighted by molar-refractivity contribution is 6.02. The highest BCUT2D eigenvalue weighted by Crippen LogP contribution is 2.32. The number of hydrogen-bond donors (Lipinski definition) is 1. The molecule has 0 heterocycles. The maximum atomic E-state index is 12.8. The first-order chi connectivity index (χ1) is 11.5. The monoisotopic (exact) mass is 348 g/mol. The first-order valence-electron chi connectivity index (χ1n) is 9.28. The van der Waals surface area contributed by atoms with Crippen LogP contribution in [0.2, 0.25) is 0 Å². The van der Waals surface area contributed by atoms with Gasteiger partial charge in [-0.3, -0.25) is 4.79 Å². The third-order valence-electron chi connectivity index (χ3n) is 4.70. The second kappa shape index (κ2) is 7.56. The Morgan fingerprint density at radius 1 is 0.920 bits per heavy atom. The first kappa shape index (κ1) is 20.1. The normalized spacial score (nSPS) is 18.6. The van der Waals surface area contributed by atoms with Crippen molar-refractivity contribution in [3.8, 4) is 0 Å². The predicted molar refractivity (Wildman–Crippen MR) is 98.4 cm³/mol. The topological polar surface area (TPSA) is 55.8 Å². The highest BCUT2D eigenvalue weighted by atomic mass is 17.2. The fourth-order valence-electron chi connectivity index (χ4n) is 3.11. The summed E-state index contributed by atoms with van der Waals surface area (Å²) in [5.41, 5.74) is -0.759. The standard InChI is InChI=1S/C21H32O4/c1-19(2,3)24-25-20(4,5)17-12-10-16(11-13-17)18(22)21(23)14-8-6-7-9-15-21/h10-13,23H,6-9,14-15H2,1-5H3. The summed E-state index contributed by atoms with van der Waals surface area (Å²) in [5, 5.41) is 10.8. The van der Waals surface area contributed by atoms with E-state index in [1.165, 1.54) is 0 Å². The quantitative estimate of drug-likeness (QED) is 0.354. The molecule has 1 saturated carbocycles. The lowest BCUT2D eigenvalue weighted by molar-refractivity contribution is -0.401. The van der Waals surface area contributed by atoms with E-state index in [4.69, 9.17) is 9.78 Å². The third kappa shape index (κ3) is 5.37. The molecular weight excluding hydrogens is 316 g/mol. The number of Topliss-reactive ketones (excluding diaryl/α,β-unsaturated/α-hetero) is 1. The summed E-state index contributed by atoms with van der Waals surface area (Å²) in [6.45, 7) is 9.64. The van der Waals surface area contributed by atoms with E-state index < -0.39 is 16.8 Å². The second-order valence-corrected chi connectivity index (χ2v) is 8.64. The zero-order valence-corrected chi connectivity index (χ0v) is 16.2. The van der Waals surface area contributed by atoms with Crippen molar-refractivity contribution in [3.63, 3.8) is 0 Å². The van der Waals surface area contributed by atoms with Crippen LogP contribution in [0.15, 0.2) is 24.3 Å². The van der Waals surface area contributed by atoms with Crippen LogP contribution in [-0.2, 0) is 15.4 Å². The van der Waals surface area contributed by atoms with Gasteiger partial charge in [-0.1, -0.05) is 49.9 Å². The maximum absolute atomic E-state index is 12.8.